The Hall–Kier alpha value is -1.32. The molecule has 1 atom stereocenters. The van der Waals surface area contributed by atoms with Crippen molar-refractivity contribution in [3.63, 3.8) is 0 Å². The van der Waals surface area contributed by atoms with Crippen molar-refractivity contribution in [3.8, 4) is 0 Å². The van der Waals surface area contributed by atoms with Gasteiger partial charge in [-0.3, -0.25) is 0 Å². The lowest BCUT2D eigenvalue weighted by atomic mass is 9.90. The Balaban J connectivity index is 3.80. The molecule has 0 bridgehead atoms. The van der Waals surface area contributed by atoms with Crippen LogP contribution in [0.4, 0.5) is 0 Å². The van der Waals surface area contributed by atoms with Gasteiger partial charge in [0.05, 0.1) is 6.61 Å². The van der Waals surface area contributed by atoms with Crippen molar-refractivity contribution >= 4 is 11.9 Å². The molecule has 0 aromatic carbocycles. The van der Waals surface area contributed by atoms with E-state index in [0.29, 0.717) is 6.61 Å². The van der Waals surface area contributed by atoms with Gasteiger partial charge >= 0.3 is 11.9 Å². The van der Waals surface area contributed by atoms with Gasteiger partial charge in [0.2, 0.25) is 0 Å². The van der Waals surface area contributed by atoms with Crippen LogP contribution in [0.5, 0.6) is 0 Å². The molecule has 4 nitrogen and oxygen atoms in total. The van der Waals surface area contributed by atoms with Gasteiger partial charge in [-0.1, -0.05) is 59.8 Å². The van der Waals surface area contributed by atoms with Crippen molar-refractivity contribution in [2.75, 3.05) is 6.61 Å². The van der Waals surface area contributed by atoms with Crippen molar-refractivity contribution in [2.45, 2.75) is 79.2 Å². The van der Waals surface area contributed by atoms with Crippen LogP contribution in [-0.2, 0) is 19.1 Å². The number of hydrogen-bond acceptors (Lipinski definition) is 4. The van der Waals surface area contributed by atoms with Gasteiger partial charge in [-0.05, 0) is 18.8 Å². The highest BCUT2D eigenvalue weighted by Gasteiger charge is 2.22. The van der Waals surface area contributed by atoms with Crippen LogP contribution in [0.25, 0.3) is 0 Å². The Morgan fingerprint density at radius 3 is 2.09 bits per heavy atom. The summed E-state index contributed by atoms with van der Waals surface area (Å²) in [4.78, 5) is 23.0. The van der Waals surface area contributed by atoms with Crippen LogP contribution in [0.15, 0.2) is 12.2 Å². The summed E-state index contributed by atoms with van der Waals surface area (Å²) in [7, 11) is 0. The van der Waals surface area contributed by atoms with E-state index in [1.165, 1.54) is 25.7 Å². The maximum Gasteiger partial charge on any atom is 0.331 e. The van der Waals surface area contributed by atoms with E-state index in [1.54, 1.807) is 0 Å². The van der Waals surface area contributed by atoms with Crippen LogP contribution in [0.1, 0.15) is 73.1 Å². The highest BCUT2D eigenvalue weighted by Crippen LogP contribution is 2.21. The van der Waals surface area contributed by atoms with E-state index in [2.05, 4.69) is 6.92 Å². The normalized spacial score (nSPS) is 13.1. The first kappa shape index (κ1) is 20.7. The minimum Gasteiger partial charge on any atom is -0.463 e. The summed E-state index contributed by atoms with van der Waals surface area (Å²) in [5, 5.41) is 0. The molecule has 0 aliphatic carbocycles. The number of hydrogen-bond donors (Lipinski definition) is 0. The second-order valence-electron chi connectivity index (χ2n) is 6.71. The highest BCUT2D eigenvalue weighted by molar-refractivity contribution is 5.91. The molecule has 0 aromatic heterocycles. The molecule has 0 spiro atoms. The van der Waals surface area contributed by atoms with E-state index in [-0.39, 0.29) is 11.5 Å². The summed E-state index contributed by atoms with van der Waals surface area (Å²) in [5.41, 5.74) is -0.123. The number of unbranched alkanes of at least 4 members (excludes halogenated alkanes) is 5. The standard InChI is InChI=1S/C18H32O4/c1-6-7-8-9-10-11-14-21-16(19)12-13-17(20)22-15(2)18(3,4)5/h12-13,15H,6-11,14H2,1-5H3/b13-12+. The largest absolute Gasteiger partial charge is 0.463 e. The quantitative estimate of drug-likeness (QED) is 0.340. The second-order valence-corrected chi connectivity index (χ2v) is 6.71. The zero-order chi connectivity index (χ0) is 17.0. The molecule has 0 aliphatic heterocycles. The fourth-order valence-corrected chi connectivity index (χ4v) is 1.63. The van der Waals surface area contributed by atoms with E-state index in [4.69, 9.17) is 9.47 Å². The molecule has 0 heterocycles. The van der Waals surface area contributed by atoms with E-state index in [1.807, 2.05) is 27.7 Å². The average molecular weight is 312 g/mol. The maximum absolute atomic E-state index is 11.6. The third-order valence-corrected chi connectivity index (χ3v) is 3.61. The lowest BCUT2D eigenvalue weighted by Crippen LogP contribution is -2.28. The van der Waals surface area contributed by atoms with E-state index in [9.17, 15) is 9.59 Å². The van der Waals surface area contributed by atoms with Gasteiger partial charge in [0.25, 0.3) is 0 Å². The Bertz CT molecular complexity index is 353. The molecule has 128 valence electrons. The van der Waals surface area contributed by atoms with Gasteiger partial charge in [0.15, 0.2) is 0 Å². The molecule has 0 aliphatic rings. The fourth-order valence-electron chi connectivity index (χ4n) is 1.63. The van der Waals surface area contributed by atoms with E-state index < -0.39 is 11.9 Å². The average Bonchev–Trinajstić information content (AvgIpc) is 2.43. The van der Waals surface area contributed by atoms with E-state index in [0.717, 1.165) is 25.0 Å². The summed E-state index contributed by atoms with van der Waals surface area (Å²) in [5.74, 6) is -1.01. The summed E-state index contributed by atoms with van der Waals surface area (Å²) in [6.07, 6.45) is 8.89. The number of carbonyl (C=O) groups is 2. The Morgan fingerprint density at radius 2 is 1.50 bits per heavy atom. The lowest BCUT2D eigenvalue weighted by Gasteiger charge is -2.26. The number of carbonyl (C=O) groups excluding carboxylic acids is 2. The monoisotopic (exact) mass is 312 g/mol. The first-order valence-electron chi connectivity index (χ1n) is 8.32. The predicted octanol–water partition coefficient (Wildman–Crippen LogP) is 4.42. The number of ether oxygens (including phenoxy) is 2. The van der Waals surface area contributed by atoms with Crippen molar-refractivity contribution in [1.29, 1.82) is 0 Å². The van der Waals surface area contributed by atoms with Crippen LogP contribution < -0.4 is 0 Å². The lowest BCUT2D eigenvalue weighted by molar-refractivity contribution is -0.147. The summed E-state index contributed by atoms with van der Waals surface area (Å²) < 4.78 is 10.2. The number of rotatable bonds is 10. The van der Waals surface area contributed by atoms with Gasteiger partial charge in [-0.15, -0.1) is 0 Å². The molecule has 0 radical (unpaired) electrons. The van der Waals surface area contributed by atoms with Gasteiger partial charge in [-0.25, -0.2) is 9.59 Å². The van der Waals surface area contributed by atoms with Crippen molar-refractivity contribution in [1.82, 2.24) is 0 Å². The van der Waals surface area contributed by atoms with E-state index >= 15 is 0 Å². The van der Waals surface area contributed by atoms with Crippen LogP contribution in [0.2, 0.25) is 0 Å². The second kappa shape index (κ2) is 11.3. The zero-order valence-electron chi connectivity index (χ0n) is 14.8. The minimum atomic E-state index is -0.515. The van der Waals surface area contributed by atoms with Gasteiger partial charge in [0, 0.05) is 12.2 Å². The molecule has 0 amide bonds. The molecule has 0 aromatic rings. The molecule has 4 heteroatoms. The van der Waals surface area contributed by atoms with Crippen molar-refractivity contribution in [3.05, 3.63) is 12.2 Å². The first-order chi connectivity index (χ1) is 10.3. The van der Waals surface area contributed by atoms with Crippen molar-refractivity contribution in [2.24, 2.45) is 5.41 Å². The Labute approximate surface area is 135 Å². The minimum absolute atomic E-state index is 0.123. The van der Waals surface area contributed by atoms with Crippen LogP contribution >= 0.6 is 0 Å². The maximum atomic E-state index is 11.6. The highest BCUT2D eigenvalue weighted by atomic mass is 16.5. The topological polar surface area (TPSA) is 52.6 Å². The molecule has 0 rings (SSSR count). The molecular weight excluding hydrogens is 280 g/mol. The SMILES string of the molecule is CCCCCCCCOC(=O)/C=C/C(=O)OC(C)C(C)(C)C. The molecule has 0 saturated carbocycles. The van der Waals surface area contributed by atoms with Gasteiger partial charge in [0.1, 0.15) is 6.10 Å². The molecule has 22 heavy (non-hydrogen) atoms. The third kappa shape index (κ3) is 11.4. The van der Waals surface area contributed by atoms with Crippen LogP contribution in [-0.4, -0.2) is 24.6 Å². The fraction of sp³-hybridized carbons (Fsp3) is 0.778. The van der Waals surface area contributed by atoms with Gasteiger partial charge < -0.3 is 9.47 Å². The van der Waals surface area contributed by atoms with Crippen LogP contribution in [0.3, 0.4) is 0 Å². The summed E-state index contributed by atoms with van der Waals surface area (Å²) >= 11 is 0. The van der Waals surface area contributed by atoms with Crippen LogP contribution in [0, 0.1) is 5.41 Å². The summed E-state index contributed by atoms with van der Waals surface area (Å²) in [6, 6.07) is 0. The molecule has 1 unspecified atom stereocenters. The molecular formula is C18H32O4. The summed E-state index contributed by atoms with van der Waals surface area (Å²) in [6.45, 7) is 10.4. The Kier molecular flexibility index (Phi) is 10.6. The Morgan fingerprint density at radius 1 is 0.955 bits per heavy atom. The molecule has 0 saturated heterocycles. The molecule has 0 N–H and O–H groups in total. The van der Waals surface area contributed by atoms with Gasteiger partial charge in [-0.2, -0.15) is 0 Å². The van der Waals surface area contributed by atoms with Crippen molar-refractivity contribution < 1.29 is 19.1 Å². The molecule has 0 fully saturated rings. The predicted molar refractivity (Wildman–Crippen MR) is 88.5 cm³/mol. The zero-order valence-corrected chi connectivity index (χ0v) is 14.8. The smallest absolute Gasteiger partial charge is 0.331 e. The third-order valence-electron chi connectivity index (χ3n) is 3.61. The number of esters is 2. The first-order valence-corrected chi connectivity index (χ1v) is 8.32.